The van der Waals surface area contributed by atoms with Gasteiger partial charge in [0, 0.05) is 22.7 Å². The van der Waals surface area contributed by atoms with E-state index in [4.69, 9.17) is 14.2 Å². The molecular formula is C28H25N3O5S2. The highest BCUT2D eigenvalue weighted by atomic mass is 32.1. The van der Waals surface area contributed by atoms with E-state index in [2.05, 4.69) is 10.3 Å². The standard InChI is InChI=1S/C28H25N3O5S2/c1-16-24(26(32)30-17-9-6-5-7-10-17)25(22-11-8-12-37-22)31-27(33)23(38-28(31)29-16)15-19-20(35-3)13-18(34-2)14-21(19)36-4/h5-15,25H,1-4H3,(H,30,32)/b23-15-/t25-/m1/s1. The molecule has 0 spiro atoms. The molecule has 0 unspecified atom stereocenters. The van der Waals surface area contributed by atoms with E-state index in [0.29, 0.717) is 49.1 Å². The van der Waals surface area contributed by atoms with Crippen LogP contribution in [0.5, 0.6) is 17.2 Å². The van der Waals surface area contributed by atoms with Gasteiger partial charge in [-0.2, -0.15) is 0 Å². The average Bonchev–Trinajstić information content (AvgIpc) is 3.57. The van der Waals surface area contributed by atoms with E-state index >= 15 is 0 Å². The number of anilines is 1. The number of thiazole rings is 1. The summed E-state index contributed by atoms with van der Waals surface area (Å²) in [6, 6.07) is 15.9. The van der Waals surface area contributed by atoms with Crippen LogP contribution in [0.4, 0.5) is 5.69 Å². The summed E-state index contributed by atoms with van der Waals surface area (Å²) < 4.78 is 18.5. The van der Waals surface area contributed by atoms with Crippen LogP contribution in [0.25, 0.3) is 6.08 Å². The predicted molar refractivity (Wildman–Crippen MR) is 149 cm³/mol. The van der Waals surface area contributed by atoms with Gasteiger partial charge in [-0.1, -0.05) is 35.6 Å². The number of allylic oxidation sites excluding steroid dienone is 1. The molecule has 0 saturated heterocycles. The lowest BCUT2D eigenvalue weighted by Gasteiger charge is -2.24. The Bertz CT molecular complexity index is 1680. The first-order chi connectivity index (χ1) is 18.4. The van der Waals surface area contributed by atoms with Crippen LogP contribution in [-0.4, -0.2) is 31.8 Å². The first-order valence-electron chi connectivity index (χ1n) is 11.7. The Labute approximate surface area is 226 Å². The van der Waals surface area contributed by atoms with Gasteiger partial charge in [-0.05, 0) is 36.6 Å². The molecule has 0 aliphatic carbocycles. The Kier molecular flexibility index (Phi) is 7.17. The Hall–Kier alpha value is -4.15. The van der Waals surface area contributed by atoms with Crippen molar-refractivity contribution in [1.29, 1.82) is 0 Å². The van der Waals surface area contributed by atoms with Crippen molar-refractivity contribution in [2.75, 3.05) is 26.6 Å². The van der Waals surface area contributed by atoms with Crippen molar-refractivity contribution in [1.82, 2.24) is 4.57 Å². The van der Waals surface area contributed by atoms with Crippen LogP contribution >= 0.6 is 22.7 Å². The minimum Gasteiger partial charge on any atom is -0.496 e. The fraction of sp³-hybridized carbons (Fsp3) is 0.179. The van der Waals surface area contributed by atoms with Gasteiger partial charge >= 0.3 is 0 Å². The maximum absolute atomic E-state index is 13.9. The Morgan fingerprint density at radius 1 is 1.03 bits per heavy atom. The van der Waals surface area contributed by atoms with E-state index in [-0.39, 0.29) is 11.5 Å². The second kappa shape index (κ2) is 10.7. The van der Waals surface area contributed by atoms with Crippen LogP contribution in [0, 0.1) is 0 Å². The first-order valence-corrected chi connectivity index (χ1v) is 13.4. The average molecular weight is 548 g/mol. The number of carbonyl (C=O) groups is 1. The molecule has 8 nitrogen and oxygen atoms in total. The predicted octanol–water partition coefficient (Wildman–Crippen LogP) is 3.96. The van der Waals surface area contributed by atoms with Crippen molar-refractivity contribution in [2.24, 2.45) is 4.99 Å². The first kappa shape index (κ1) is 25.5. The fourth-order valence-electron chi connectivity index (χ4n) is 4.35. The van der Waals surface area contributed by atoms with E-state index in [1.54, 1.807) is 51.0 Å². The third kappa shape index (κ3) is 4.64. The molecule has 0 bridgehead atoms. The normalized spacial score (nSPS) is 15.1. The van der Waals surface area contributed by atoms with Crippen LogP contribution in [0.1, 0.15) is 23.4 Å². The minimum atomic E-state index is -0.614. The summed E-state index contributed by atoms with van der Waals surface area (Å²) in [6.45, 7) is 1.80. The minimum absolute atomic E-state index is 0.260. The SMILES string of the molecule is COc1cc(OC)c(/C=c2\sc3n(c2=O)[C@H](c2cccs2)C(C(=O)Nc2ccccc2)=C(C)N=3)c(OC)c1. The molecule has 1 amide bonds. The zero-order valence-electron chi connectivity index (χ0n) is 21.2. The van der Waals surface area contributed by atoms with Crippen molar-refractivity contribution in [2.45, 2.75) is 13.0 Å². The topological polar surface area (TPSA) is 91.2 Å². The van der Waals surface area contributed by atoms with Crippen molar-refractivity contribution in [3.63, 3.8) is 0 Å². The van der Waals surface area contributed by atoms with Gasteiger partial charge in [-0.15, -0.1) is 11.3 Å². The van der Waals surface area contributed by atoms with E-state index < -0.39 is 6.04 Å². The molecule has 0 fully saturated rings. The van der Waals surface area contributed by atoms with Crippen molar-refractivity contribution in [3.05, 3.63) is 101 Å². The molecule has 1 N–H and O–H groups in total. The van der Waals surface area contributed by atoms with E-state index in [0.717, 1.165) is 4.88 Å². The van der Waals surface area contributed by atoms with Crippen LogP contribution in [0.3, 0.4) is 0 Å². The highest BCUT2D eigenvalue weighted by Crippen LogP contribution is 2.35. The van der Waals surface area contributed by atoms with Crippen LogP contribution < -0.4 is 34.4 Å². The Morgan fingerprint density at radius 2 is 1.74 bits per heavy atom. The number of fused-ring (bicyclic) bond motifs is 1. The summed E-state index contributed by atoms with van der Waals surface area (Å²) in [7, 11) is 4.65. The highest BCUT2D eigenvalue weighted by molar-refractivity contribution is 7.10. The molecule has 1 aliphatic heterocycles. The van der Waals surface area contributed by atoms with Gasteiger partial charge in [0.1, 0.15) is 23.3 Å². The number of thiophene rings is 1. The maximum atomic E-state index is 13.9. The molecule has 0 saturated carbocycles. The summed E-state index contributed by atoms with van der Waals surface area (Å²) in [6.07, 6.45) is 1.73. The number of para-hydroxylation sites is 1. The molecule has 5 rings (SSSR count). The zero-order valence-corrected chi connectivity index (χ0v) is 22.8. The molecular weight excluding hydrogens is 522 g/mol. The quantitative estimate of drug-likeness (QED) is 0.378. The van der Waals surface area contributed by atoms with E-state index in [1.165, 1.54) is 22.7 Å². The number of ether oxygens (including phenoxy) is 3. The Balaban J connectivity index is 1.68. The van der Waals surface area contributed by atoms with Crippen LogP contribution in [-0.2, 0) is 4.79 Å². The summed E-state index contributed by atoms with van der Waals surface area (Å²) in [5.74, 6) is 1.27. The summed E-state index contributed by atoms with van der Waals surface area (Å²) in [5.41, 5.74) is 1.99. The van der Waals surface area contributed by atoms with Crippen molar-refractivity contribution < 1.29 is 19.0 Å². The van der Waals surface area contributed by atoms with Crippen LogP contribution in [0.2, 0.25) is 0 Å². The van der Waals surface area contributed by atoms with Gasteiger partial charge in [0.15, 0.2) is 4.80 Å². The number of aromatic nitrogens is 1. The maximum Gasteiger partial charge on any atom is 0.271 e. The molecule has 0 radical (unpaired) electrons. The molecule has 194 valence electrons. The molecule has 1 aliphatic rings. The lowest BCUT2D eigenvalue weighted by molar-refractivity contribution is -0.113. The third-order valence-electron chi connectivity index (χ3n) is 6.14. The number of hydrogen-bond acceptors (Lipinski definition) is 8. The molecule has 1 atom stereocenters. The molecule has 10 heteroatoms. The molecule has 2 aromatic carbocycles. The molecule has 38 heavy (non-hydrogen) atoms. The number of methoxy groups -OCH3 is 3. The van der Waals surface area contributed by atoms with E-state index in [9.17, 15) is 9.59 Å². The summed E-state index contributed by atoms with van der Waals surface area (Å²) in [4.78, 5) is 33.5. The van der Waals surface area contributed by atoms with Crippen molar-refractivity contribution >= 4 is 40.3 Å². The van der Waals surface area contributed by atoms with Gasteiger partial charge in [-0.3, -0.25) is 14.2 Å². The second-order valence-corrected chi connectivity index (χ2v) is 10.4. The Morgan fingerprint density at radius 3 is 2.34 bits per heavy atom. The number of nitrogens with zero attached hydrogens (tertiary/aromatic N) is 2. The second-order valence-electron chi connectivity index (χ2n) is 8.36. The fourth-order valence-corrected chi connectivity index (χ4v) is 6.21. The lowest BCUT2D eigenvalue weighted by atomic mass is 10.0. The van der Waals surface area contributed by atoms with Crippen LogP contribution in [0.15, 0.2) is 81.0 Å². The number of nitrogens with one attached hydrogen (secondary N) is 1. The van der Waals surface area contributed by atoms with Gasteiger partial charge in [-0.25, -0.2) is 4.99 Å². The number of rotatable bonds is 7. The van der Waals surface area contributed by atoms with Gasteiger partial charge in [0.2, 0.25) is 0 Å². The number of carbonyl (C=O) groups excluding carboxylic acids is 1. The summed E-state index contributed by atoms with van der Waals surface area (Å²) in [5, 5.41) is 4.89. The smallest absolute Gasteiger partial charge is 0.271 e. The van der Waals surface area contributed by atoms with Crippen molar-refractivity contribution in [3.8, 4) is 17.2 Å². The number of benzene rings is 2. The highest BCUT2D eigenvalue weighted by Gasteiger charge is 2.33. The lowest BCUT2D eigenvalue weighted by Crippen LogP contribution is -2.40. The molecule has 4 aromatic rings. The largest absolute Gasteiger partial charge is 0.496 e. The third-order valence-corrected chi connectivity index (χ3v) is 8.05. The molecule has 3 heterocycles. The van der Waals surface area contributed by atoms with Gasteiger partial charge in [0.25, 0.3) is 11.5 Å². The molecule has 2 aromatic heterocycles. The van der Waals surface area contributed by atoms with Gasteiger partial charge in [0.05, 0.1) is 42.7 Å². The number of hydrogen-bond donors (Lipinski definition) is 1. The monoisotopic (exact) mass is 547 g/mol. The summed E-state index contributed by atoms with van der Waals surface area (Å²) >= 11 is 2.74. The zero-order chi connectivity index (χ0) is 26.8. The number of amides is 1. The van der Waals surface area contributed by atoms with Gasteiger partial charge < -0.3 is 19.5 Å². The van der Waals surface area contributed by atoms with E-state index in [1.807, 2.05) is 47.8 Å².